The number of amides is 1. The molecule has 0 saturated heterocycles. The highest BCUT2D eigenvalue weighted by molar-refractivity contribution is 7.99. The molecular weight excluding hydrogens is 230 g/mol. The maximum absolute atomic E-state index is 11.4. The maximum atomic E-state index is 11.4. The summed E-state index contributed by atoms with van der Waals surface area (Å²) in [5, 5.41) is 2.96. The zero-order valence-corrected chi connectivity index (χ0v) is 11.1. The molecule has 2 nitrogen and oxygen atoms in total. The van der Waals surface area contributed by atoms with E-state index in [0.29, 0.717) is 13.0 Å². The van der Waals surface area contributed by atoms with Crippen LogP contribution < -0.4 is 5.32 Å². The summed E-state index contributed by atoms with van der Waals surface area (Å²) in [7, 11) is 0. The summed E-state index contributed by atoms with van der Waals surface area (Å²) in [4.78, 5) is 12.8. The van der Waals surface area contributed by atoms with E-state index in [2.05, 4.69) is 23.5 Å². The largest absolute Gasteiger partial charge is 0.352 e. The number of benzene rings is 1. The fourth-order valence-corrected chi connectivity index (χ4v) is 3.06. The van der Waals surface area contributed by atoms with Crippen LogP contribution in [-0.4, -0.2) is 11.7 Å². The van der Waals surface area contributed by atoms with Crippen molar-refractivity contribution in [1.29, 1.82) is 0 Å². The van der Waals surface area contributed by atoms with E-state index in [1.54, 1.807) is 0 Å². The molecule has 1 heterocycles. The van der Waals surface area contributed by atoms with Crippen molar-refractivity contribution in [3.63, 3.8) is 0 Å². The smallest absolute Gasteiger partial charge is 0.220 e. The first-order valence-corrected chi connectivity index (χ1v) is 7.29. The molecule has 0 bridgehead atoms. The third-order valence-electron chi connectivity index (χ3n) is 2.94. The number of rotatable bonds is 4. The molecule has 92 valence electrons. The first-order chi connectivity index (χ1) is 8.29. The van der Waals surface area contributed by atoms with Crippen molar-refractivity contribution in [3.8, 4) is 0 Å². The fourth-order valence-electron chi connectivity index (χ4n) is 2.04. The Morgan fingerprint density at radius 2 is 2.35 bits per heavy atom. The van der Waals surface area contributed by atoms with Crippen LogP contribution in [0.2, 0.25) is 0 Å². The van der Waals surface area contributed by atoms with Crippen molar-refractivity contribution in [2.75, 3.05) is 5.75 Å². The van der Waals surface area contributed by atoms with Gasteiger partial charge in [0.2, 0.25) is 5.91 Å². The molecule has 0 aromatic heterocycles. The zero-order valence-electron chi connectivity index (χ0n) is 10.3. The Morgan fingerprint density at radius 1 is 1.47 bits per heavy atom. The predicted octanol–water partition coefficient (Wildman–Crippen LogP) is 3.14. The SMILES string of the molecule is CCCC(=O)NCc1ccc2c(c1)CCCS2. The minimum atomic E-state index is 0.152. The average molecular weight is 249 g/mol. The van der Waals surface area contributed by atoms with E-state index in [1.165, 1.54) is 34.6 Å². The second-order valence-corrected chi connectivity index (χ2v) is 5.56. The lowest BCUT2D eigenvalue weighted by molar-refractivity contribution is -0.121. The molecule has 1 amide bonds. The van der Waals surface area contributed by atoms with E-state index in [0.717, 1.165) is 6.42 Å². The van der Waals surface area contributed by atoms with Crippen molar-refractivity contribution in [1.82, 2.24) is 5.32 Å². The molecule has 1 aromatic carbocycles. The van der Waals surface area contributed by atoms with Crippen LogP contribution in [-0.2, 0) is 17.8 Å². The molecule has 1 N–H and O–H groups in total. The lowest BCUT2D eigenvalue weighted by Gasteiger charge is -2.16. The van der Waals surface area contributed by atoms with Gasteiger partial charge in [-0.2, -0.15) is 0 Å². The monoisotopic (exact) mass is 249 g/mol. The molecule has 0 unspecified atom stereocenters. The summed E-state index contributed by atoms with van der Waals surface area (Å²) >= 11 is 1.94. The Hall–Kier alpha value is -0.960. The lowest BCUT2D eigenvalue weighted by Crippen LogP contribution is -2.22. The van der Waals surface area contributed by atoms with E-state index < -0.39 is 0 Å². The molecule has 0 spiro atoms. The molecule has 0 radical (unpaired) electrons. The van der Waals surface area contributed by atoms with Crippen molar-refractivity contribution in [2.24, 2.45) is 0 Å². The number of aryl methyl sites for hydroxylation is 1. The minimum Gasteiger partial charge on any atom is -0.352 e. The Labute approximate surface area is 107 Å². The molecule has 0 atom stereocenters. The van der Waals surface area contributed by atoms with Gasteiger partial charge in [0.05, 0.1) is 0 Å². The van der Waals surface area contributed by atoms with Crippen LogP contribution >= 0.6 is 11.8 Å². The summed E-state index contributed by atoms with van der Waals surface area (Å²) in [5.74, 6) is 1.39. The third kappa shape index (κ3) is 3.50. The summed E-state index contributed by atoms with van der Waals surface area (Å²) in [6.07, 6.45) is 3.98. The predicted molar refractivity (Wildman–Crippen MR) is 72.2 cm³/mol. The van der Waals surface area contributed by atoms with Gasteiger partial charge in [0, 0.05) is 17.9 Å². The number of carbonyl (C=O) groups excluding carboxylic acids is 1. The van der Waals surface area contributed by atoms with Gasteiger partial charge in [0.25, 0.3) is 0 Å². The Balaban J connectivity index is 1.95. The normalized spacial score (nSPS) is 14.2. The van der Waals surface area contributed by atoms with Crippen molar-refractivity contribution < 1.29 is 4.79 Å². The molecule has 17 heavy (non-hydrogen) atoms. The van der Waals surface area contributed by atoms with E-state index in [1.807, 2.05) is 18.7 Å². The molecule has 0 aliphatic carbocycles. The minimum absolute atomic E-state index is 0.152. The van der Waals surface area contributed by atoms with Gasteiger partial charge in [-0.1, -0.05) is 19.1 Å². The molecule has 0 saturated carbocycles. The van der Waals surface area contributed by atoms with E-state index in [-0.39, 0.29) is 5.91 Å². The number of hydrogen-bond acceptors (Lipinski definition) is 2. The number of thioether (sulfide) groups is 1. The highest BCUT2D eigenvalue weighted by Gasteiger charge is 2.10. The number of hydrogen-bond donors (Lipinski definition) is 1. The van der Waals surface area contributed by atoms with E-state index >= 15 is 0 Å². The summed E-state index contributed by atoms with van der Waals surface area (Å²) in [6, 6.07) is 6.57. The highest BCUT2D eigenvalue weighted by Crippen LogP contribution is 2.30. The number of carbonyl (C=O) groups is 1. The van der Waals surface area contributed by atoms with Crippen LogP contribution in [0.5, 0.6) is 0 Å². The topological polar surface area (TPSA) is 29.1 Å². The van der Waals surface area contributed by atoms with Crippen LogP contribution in [0.3, 0.4) is 0 Å². The van der Waals surface area contributed by atoms with Gasteiger partial charge < -0.3 is 5.32 Å². The Bertz CT molecular complexity index is 403. The maximum Gasteiger partial charge on any atom is 0.220 e. The van der Waals surface area contributed by atoms with Crippen LogP contribution in [0.4, 0.5) is 0 Å². The van der Waals surface area contributed by atoms with Crippen LogP contribution in [0.15, 0.2) is 23.1 Å². The lowest BCUT2D eigenvalue weighted by atomic mass is 10.1. The van der Waals surface area contributed by atoms with Crippen molar-refractivity contribution in [3.05, 3.63) is 29.3 Å². The van der Waals surface area contributed by atoms with Gasteiger partial charge in [0.15, 0.2) is 0 Å². The first kappa shape index (κ1) is 12.5. The van der Waals surface area contributed by atoms with Gasteiger partial charge >= 0.3 is 0 Å². The summed E-state index contributed by atoms with van der Waals surface area (Å²) in [5.41, 5.74) is 2.67. The standard InChI is InChI=1S/C14H19NOS/c1-2-4-14(16)15-10-11-6-7-13-12(9-11)5-3-8-17-13/h6-7,9H,2-5,8,10H2,1H3,(H,15,16). The number of nitrogens with one attached hydrogen (secondary N) is 1. The average Bonchev–Trinajstić information content (AvgIpc) is 2.36. The van der Waals surface area contributed by atoms with Gasteiger partial charge in [-0.3, -0.25) is 4.79 Å². The summed E-state index contributed by atoms with van der Waals surface area (Å²) in [6.45, 7) is 2.69. The molecule has 3 heteroatoms. The zero-order chi connectivity index (χ0) is 12.1. The molecule has 2 rings (SSSR count). The first-order valence-electron chi connectivity index (χ1n) is 6.31. The van der Waals surface area contributed by atoms with E-state index in [9.17, 15) is 4.79 Å². The van der Waals surface area contributed by atoms with Crippen LogP contribution in [0.1, 0.15) is 37.3 Å². The van der Waals surface area contributed by atoms with Gasteiger partial charge in [-0.05, 0) is 42.2 Å². The molecular formula is C14H19NOS. The molecule has 1 aliphatic rings. The third-order valence-corrected chi connectivity index (χ3v) is 4.14. The highest BCUT2D eigenvalue weighted by atomic mass is 32.2. The Morgan fingerprint density at radius 3 is 3.18 bits per heavy atom. The quantitative estimate of drug-likeness (QED) is 0.888. The molecule has 1 aliphatic heterocycles. The second-order valence-electron chi connectivity index (χ2n) is 4.42. The summed E-state index contributed by atoms with van der Waals surface area (Å²) < 4.78 is 0. The molecule has 0 fully saturated rings. The number of fused-ring (bicyclic) bond motifs is 1. The molecule has 1 aromatic rings. The van der Waals surface area contributed by atoms with Gasteiger partial charge in [0.1, 0.15) is 0 Å². The van der Waals surface area contributed by atoms with Crippen molar-refractivity contribution >= 4 is 17.7 Å². The fraction of sp³-hybridized carbons (Fsp3) is 0.500. The second kappa shape index (κ2) is 6.10. The van der Waals surface area contributed by atoms with Crippen LogP contribution in [0, 0.1) is 0 Å². The van der Waals surface area contributed by atoms with E-state index in [4.69, 9.17) is 0 Å². The van der Waals surface area contributed by atoms with Crippen molar-refractivity contribution in [2.45, 2.75) is 44.0 Å². The van der Waals surface area contributed by atoms with Crippen LogP contribution in [0.25, 0.3) is 0 Å². The Kier molecular flexibility index (Phi) is 4.49. The van der Waals surface area contributed by atoms with Gasteiger partial charge in [-0.25, -0.2) is 0 Å². The van der Waals surface area contributed by atoms with Gasteiger partial charge in [-0.15, -0.1) is 11.8 Å².